The van der Waals surface area contributed by atoms with E-state index in [1.807, 2.05) is 18.2 Å². The number of carbonyl (C=O) groups excluding carboxylic acids is 2. The molecule has 1 amide bonds. The number of nitriles is 1. The Morgan fingerprint density at radius 2 is 1.94 bits per heavy atom. The van der Waals surface area contributed by atoms with Crippen LogP contribution in [0.5, 0.6) is 0 Å². The van der Waals surface area contributed by atoms with E-state index < -0.39 is 0 Å². The number of halogens is 1. The Labute approximate surface area is 203 Å². The summed E-state index contributed by atoms with van der Waals surface area (Å²) >= 11 is 7.84. The molecule has 33 heavy (non-hydrogen) atoms. The van der Waals surface area contributed by atoms with Crippen molar-refractivity contribution in [3.8, 4) is 6.07 Å². The number of benzene rings is 1. The zero-order chi connectivity index (χ0) is 23.3. The highest BCUT2D eigenvalue weighted by molar-refractivity contribution is 7.16. The molecule has 0 unspecified atom stereocenters. The molecule has 1 aliphatic heterocycles. The molecule has 0 fully saturated rings. The molecule has 2 aromatic rings. The van der Waals surface area contributed by atoms with Crippen molar-refractivity contribution < 1.29 is 9.59 Å². The van der Waals surface area contributed by atoms with E-state index in [2.05, 4.69) is 19.9 Å². The number of rotatable bonds is 2. The maximum atomic E-state index is 13.7. The van der Waals surface area contributed by atoms with Gasteiger partial charge in [-0.3, -0.25) is 14.5 Å². The van der Waals surface area contributed by atoms with Crippen LogP contribution in [0.1, 0.15) is 79.9 Å². The minimum absolute atomic E-state index is 0.0443. The number of anilines is 1. The Kier molecular flexibility index (Phi) is 5.71. The minimum atomic E-state index is -0.297. The zero-order valence-electron chi connectivity index (χ0n) is 19.0. The number of amides is 1. The van der Waals surface area contributed by atoms with E-state index in [0.717, 1.165) is 53.1 Å². The second-order valence-corrected chi connectivity index (χ2v) is 11.7. The predicted molar refractivity (Wildman–Crippen MR) is 132 cm³/mol. The Balaban J connectivity index is 1.70. The molecule has 2 heterocycles. The van der Waals surface area contributed by atoms with Gasteiger partial charge >= 0.3 is 0 Å². The number of ketones is 1. The smallest absolute Gasteiger partial charge is 0.232 e. The summed E-state index contributed by atoms with van der Waals surface area (Å²) < 4.78 is 0. The summed E-state index contributed by atoms with van der Waals surface area (Å²) in [5.74, 6) is -0.244. The first kappa shape index (κ1) is 22.4. The number of hydrogen-bond donors (Lipinski definition) is 0. The molecule has 1 aromatic carbocycles. The van der Waals surface area contributed by atoms with Crippen LogP contribution in [0.25, 0.3) is 0 Å². The van der Waals surface area contributed by atoms with E-state index in [9.17, 15) is 14.9 Å². The average molecular weight is 479 g/mol. The molecule has 0 spiro atoms. The van der Waals surface area contributed by atoms with Gasteiger partial charge in [0, 0.05) is 39.9 Å². The quantitative estimate of drug-likeness (QED) is 0.451. The van der Waals surface area contributed by atoms with Crippen LogP contribution in [0.4, 0.5) is 5.00 Å². The third-order valence-corrected chi connectivity index (χ3v) is 8.62. The van der Waals surface area contributed by atoms with Gasteiger partial charge < -0.3 is 0 Å². The summed E-state index contributed by atoms with van der Waals surface area (Å²) in [6.45, 7) is 4.16. The monoisotopic (exact) mass is 478 g/mol. The van der Waals surface area contributed by atoms with Gasteiger partial charge in [0.15, 0.2) is 5.78 Å². The van der Waals surface area contributed by atoms with Crippen molar-refractivity contribution in [2.45, 2.75) is 71.1 Å². The summed E-state index contributed by atoms with van der Waals surface area (Å²) in [5, 5.41) is 11.4. The van der Waals surface area contributed by atoms with Crippen molar-refractivity contribution in [2.24, 2.45) is 5.41 Å². The van der Waals surface area contributed by atoms with Gasteiger partial charge in [-0.2, -0.15) is 5.26 Å². The number of aryl methyl sites for hydroxylation is 1. The summed E-state index contributed by atoms with van der Waals surface area (Å²) in [5.41, 5.74) is 3.91. The lowest BCUT2D eigenvalue weighted by atomic mass is 9.69. The molecule has 170 valence electrons. The van der Waals surface area contributed by atoms with Crippen molar-refractivity contribution in [2.75, 3.05) is 4.90 Å². The van der Waals surface area contributed by atoms with Crippen LogP contribution in [0.3, 0.4) is 0 Å². The normalized spacial score (nSPS) is 22.5. The van der Waals surface area contributed by atoms with E-state index in [0.29, 0.717) is 23.4 Å². The molecular weight excluding hydrogens is 452 g/mol. The van der Waals surface area contributed by atoms with Gasteiger partial charge in [0.25, 0.3) is 0 Å². The maximum Gasteiger partial charge on any atom is 0.232 e. The number of nitrogens with zero attached hydrogens (tertiary/aromatic N) is 2. The largest absolute Gasteiger partial charge is 0.294 e. The van der Waals surface area contributed by atoms with Crippen molar-refractivity contribution >= 4 is 39.6 Å². The highest BCUT2D eigenvalue weighted by Crippen LogP contribution is 2.51. The third kappa shape index (κ3) is 3.94. The zero-order valence-corrected chi connectivity index (χ0v) is 20.6. The van der Waals surface area contributed by atoms with Gasteiger partial charge in [0.2, 0.25) is 5.91 Å². The van der Waals surface area contributed by atoms with Gasteiger partial charge in [-0.05, 0) is 60.8 Å². The van der Waals surface area contributed by atoms with Gasteiger partial charge in [-0.25, -0.2) is 0 Å². The van der Waals surface area contributed by atoms with E-state index in [1.165, 1.54) is 11.3 Å². The Morgan fingerprint density at radius 1 is 1.15 bits per heavy atom. The highest BCUT2D eigenvalue weighted by atomic mass is 35.5. The standard InChI is InChI=1S/C27H27ClN2O2S/c1-27(2)13-21-25(22(31)14-27)19(16-7-6-8-17(28)11-16)12-24(32)30(21)26-20(15-29)18-9-4-3-5-10-23(18)33-26/h6-8,11,19H,3-5,9-10,12-14H2,1-2H3/t19-/m1/s1. The molecular formula is C27H27ClN2O2S. The van der Waals surface area contributed by atoms with Crippen LogP contribution in [-0.2, 0) is 22.4 Å². The first-order valence-electron chi connectivity index (χ1n) is 11.7. The van der Waals surface area contributed by atoms with Gasteiger partial charge in [0.05, 0.1) is 5.56 Å². The van der Waals surface area contributed by atoms with Crippen LogP contribution in [0.15, 0.2) is 35.5 Å². The Bertz CT molecular complexity index is 1230. The van der Waals surface area contributed by atoms with Crippen LogP contribution >= 0.6 is 22.9 Å². The number of allylic oxidation sites excluding steroid dienone is 2. The molecule has 1 atom stereocenters. The summed E-state index contributed by atoms with van der Waals surface area (Å²) in [6.07, 6.45) is 6.49. The molecule has 6 heteroatoms. The van der Waals surface area contributed by atoms with E-state index in [4.69, 9.17) is 11.6 Å². The lowest BCUT2D eigenvalue weighted by Crippen LogP contribution is -2.43. The summed E-state index contributed by atoms with van der Waals surface area (Å²) in [7, 11) is 0. The number of hydrogen-bond acceptors (Lipinski definition) is 4. The van der Waals surface area contributed by atoms with E-state index in [-0.39, 0.29) is 29.4 Å². The second-order valence-electron chi connectivity index (χ2n) is 10.2. The van der Waals surface area contributed by atoms with Crippen molar-refractivity contribution in [3.05, 3.63) is 62.1 Å². The fraction of sp³-hybridized carbons (Fsp3) is 0.444. The molecule has 4 nitrogen and oxygen atoms in total. The third-order valence-electron chi connectivity index (χ3n) is 7.11. The Hall–Kier alpha value is -2.42. The van der Waals surface area contributed by atoms with Crippen LogP contribution in [0.2, 0.25) is 5.02 Å². The molecule has 0 bridgehead atoms. The molecule has 0 saturated carbocycles. The van der Waals surface area contributed by atoms with Gasteiger partial charge in [0.1, 0.15) is 11.1 Å². The first-order valence-corrected chi connectivity index (χ1v) is 12.9. The van der Waals surface area contributed by atoms with E-state index in [1.54, 1.807) is 22.3 Å². The van der Waals surface area contributed by atoms with Crippen LogP contribution < -0.4 is 4.90 Å². The van der Waals surface area contributed by atoms with Gasteiger partial charge in [-0.1, -0.05) is 44.0 Å². The predicted octanol–water partition coefficient (Wildman–Crippen LogP) is 6.71. The minimum Gasteiger partial charge on any atom is -0.294 e. The first-order chi connectivity index (χ1) is 15.8. The van der Waals surface area contributed by atoms with Gasteiger partial charge in [-0.15, -0.1) is 11.3 Å². The maximum absolute atomic E-state index is 13.7. The van der Waals surface area contributed by atoms with Crippen LogP contribution in [0, 0.1) is 16.7 Å². The number of carbonyl (C=O) groups is 2. The summed E-state index contributed by atoms with van der Waals surface area (Å²) in [6, 6.07) is 9.91. The molecule has 0 N–H and O–H groups in total. The second kappa shape index (κ2) is 8.42. The SMILES string of the molecule is CC1(C)CC(=O)C2=C(C1)N(c1sc3c(c1C#N)CCCCC3)C(=O)C[C@@H]2c1cccc(Cl)c1. The number of Topliss-reactive ketones (excluding diaryl/α,β-unsaturated/α-hetero) is 1. The van der Waals surface area contributed by atoms with E-state index >= 15 is 0 Å². The molecule has 1 aromatic heterocycles. The van der Waals surface area contributed by atoms with Crippen molar-refractivity contribution in [3.63, 3.8) is 0 Å². The topological polar surface area (TPSA) is 61.2 Å². The van der Waals surface area contributed by atoms with Crippen molar-refractivity contribution in [1.82, 2.24) is 0 Å². The molecule has 0 saturated heterocycles. The average Bonchev–Trinajstić information content (AvgIpc) is 2.92. The summed E-state index contributed by atoms with van der Waals surface area (Å²) in [4.78, 5) is 30.2. The highest BCUT2D eigenvalue weighted by Gasteiger charge is 2.45. The molecule has 0 radical (unpaired) electrons. The number of fused-ring (bicyclic) bond motifs is 1. The molecule has 3 aliphatic rings. The lowest BCUT2D eigenvalue weighted by Gasteiger charge is -2.42. The molecule has 5 rings (SSSR count). The number of thiophene rings is 1. The molecule has 2 aliphatic carbocycles. The Morgan fingerprint density at radius 3 is 2.70 bits per heavy atom. The van der Waals surface area contributed by atoms with Crippen molar-refractivity contribution in [1.29, 1.82) is 5.26 Å². The fourth-order valence-corrected chi connectivity index (χ4v) is 7.24. The lowest BCUT2D eigenvalue weighted by molar-refractivity contribution is -0.120. The fourth-order valence-electron chi connectivity index (χ4n) is 5.66. The van der Waals surface area contributed by atoms with Crippen LogP contribution in [-0.4, -0.2) is 11.7 Å².